The lowest BCUT2D eigenvalue weighted by Crippen LogP contribution is -2.01. The first-order valence-electron chi connectivity index (χ1n) is 9.76. The summed E-state index contributed by atoms with van der Waals surface area (Å²) in [7, 11) is 0. The minimum absolute atomic E-state index is 0.490. The summed E-state index contributed by atoms with van der Waals surface area (Å²) >= 11 is 0. The van der Waals surface area contributed by atoms with Crippen molar-refractivity contribution in [2.45, 2.75) is 32.6 Å². The highest BCUT2D eigenvalue weighted by atomic mass is 16.4. The molecule has 0 aliphatic heterocycles. The zero-order chi connectivity index (χ0) is 20.0. The average molecular weight is 383 g/mol. The Morgan fingerprint density at radius 1 is 1.10 bits per heavy atom. The molecule has 3 heterocycles. The third kappa shape index (κ3) is 3.16. The van der Waals surface area contributed by atoms with Crippen molar-refractivity contribution in [2.24, 2.45) is 5.16 Å². The predicted molar refractivity (Wildman–Crippen MR) is 113 cm³/mol. The van der Waals surface area contributed by atoms with E-state index in [1.807, 2.05) is 54.2 Å². The van der Waals surface area contributed by atoms with Gasteiger partial charge in [0.25, 0.3) is 0 Å². The van der Waals surface area contributed by atoms with E-state index in [4.69, 9.17) is 10.2 Å². The molecule has 6 nitrogen and oxygen atoms in total. The van der Waals surface area contributed by atoms with Crippen molar-refractivity contribution in [2.75, 3.05) is 0 Å². The summed E-state index contributed by atoms with van der Waals surface area (Å²) in [5, 5.41) is 18.2. The first-order chi connectivity index (χ1) is 14.1. The second-order valence-corrected chi connectivity index (χ2v) is 7.56. The molecule has 0 spiro atoms. The van der Waals surface area contributed by atoms with Gasteiger partial charge in [0, 0.05) is 16.6 Å². The van der Waals surface area contributed by atoms with E-state index >= 15 is 0 Å². The molecule has 0 amide bonds. The van der Waals surface area contributed by atoms with E-state index in [1.165, 1.54) is 23.8 Å². The molecule has 4 aromatic rings. The molecule has 6 heteroatoms. The molecule has 1 aromatic carbocycles. The first kappa shape index (κ1) is 17.6. The zero-order valence-electron chi connectivity index (χ0n) is 16.4. The van der Waals surface area contributed by atoms with Gasteiger partial charge in [-0.2, -0.15) is 5.10 Å². The van der Waals surface area contributed by atoms with Crippen LogP contribution in [0.3, 0.4) is 0 Å². The van der Waals surface area contributed by atoms with Crippen LogP contribution in [0.15, 0.2) is 59.9 Å². The number of benzene rings is 1. The number of rotatable bonds is 4. The molecule has 3 aromatic heterocycles. The fourth-order valence-corrected chi connectivity index (χ4v) is 3.71. The number of nitrogens with zero attached hydrogens (tertiary/aromatic N) is 5. The van der Waals surface area contributed by atoms with Gasteiger partial charge in [-0.25, -0.2) is 14.6 Å². The average Bonchev–Trinajstić information content (AvgIpc) is 3.51. The van der Waals surface area contributed by atoms with Crippen LogP contribution >= 0.6 is 0 Å². The standard InChI is InChI=1S/C23H21N5O/c1-14-5-3-8-23(25-14)28-22-12-17(11-18(16-9-10-16)19(22)13-24-28)21-7-4-6-20(26-21)15(2)27-29/h3-8,11-13,16,29H,9-10H2,1-2H3/b27-15+. The van der Waals surface area contributed by atoms with Gasteiger partial charge in [-0.05, 0) is 74.6 Å². The molecule has 0 atom stereocenters. The topological polar surface area (TPSA) is 76.2 Å². The highest BCUT2D eigenvalue weighted by Gasteiger charge is 2.27. The van der Waals surface area contributed by atoms with Crippen molar-refractivity contribution in [1.82, 2.24) is 19.7 Å². The maximum absolute atomic E-state index is 9.10. The van der Waals surface area contributed by atoms with Crippen LogP contribution in [0.2, 0.25) is 0 Å². The van der Waals surface area contributed by atoms with Gasteiger partial charge in [0.05, 0.1) is 23.1 Å². The molecular weight excluding hydrogens is 362 g/mol. The monoisotopic (exact) mass is 383 g/mol. The quantitative estimate of drug-likeness (QED) is 0.310. The molecule has 1 aliphatic carbocycles. The Morgan fingerprint density at radius 3 is 2.69 bits per heavy atom. The van der Waals surface area contributed by atoms with E-state index in [9.17, 15) is 0 Å². The number of hydrogen-bond acceptors (Lipinski definition) is 5. The van der Waals surface area contributed by atoms with Crippen LogP contribution in [0, 0.1) is 6.92 Å². The van der Waals surface area contributed by atoms with Gasteiger partial charge in [-0.3, -0.25) is 0 Å². The molecular formula is C23H21N5O. The summed E-state index contributed by atoms with van der Waals surface area (Å²) in [6.45, 7) is 3.72. The normalized spacial score (nSPS) is 14.5. The molecule has 1 aliphatic rings. The first-order valence-corrected chi connectivity index (χ1v) is 9.76. The molecule has 0 radical (unpaired) electrons. The van der Waals surface area contributed by atoms with Crippen LogP contribution in [0.25, 0.3) is 28.0 Å². The Morgan fingerprint density at radius 2 is 1.93 bits per heavy atom. The van der Waals surface area contributed by atoms with Crippen molar-refractivity contribution in [3.05, 3.63) is 71.7 Å². The maximum atomic E-state index is 9.10. The number of pyridine rings is 2. The lowest BCUT2D eigenvalue weighted by molar-refractivity contribution is 0.319. The lowest BCUT2D eigenvalue weighted by Gasteiger charge is -2.10. The van der Waals surface area contributed by atoms with Crippen LogP contribution in [-0.2, 0) is 0 Å². The number of hydrogen-bond donors (Lipinski definition) is 1. The molecule has 144 valence electrons. The second-order valence-electron chi connectivity index (χ2n) is 7.56. The van der Waals surface area contributed by atoms with E-state index in [2.05, 4.69) is 27.4 Å². The van der Waals surface area contributed by atoms with Gasteiger partial charge in [0.15, 0.2) is 5.82 Å². The van der Waals surface area contributed by atoms with Gasteiger partial charge in [-0.1, -0.05) is 17.3 Å². The Labute approximate surface area is 168 Å². The minimum atomic E-state index is 0.490. The summed E-state index contributed by atoms with van der Waals surface area (Å²) in [4.78, 5) is 9.35. The Hall–Kier alpha value is -3.54. The summed E-state index contributed by atoms with van der Waals surface area (Å²) < 4.78 is 1.90. The second kappa shape index (κ2) is 6.81. The van der Waals surface area contributed by atoms with Crippen LogP contribution < -0.4 is 0 Å². The summed E-state index contributed by atoms with van der Waals surface area (Å²) in [5.41, 5.74) is 6.33. The fraction of sp³-hybridized carbons (Fsp3) is 0.217. The van der Waals surface area contributed by atoms with Crippen molar-refractivity contribution < 1.29 is 5.21 Å². The summed E-state index contributed by atoms with van der Waals surface area (Å²) in [6.07, 6.45) is 4.36. The maximum Gasteiger partial charge on any atom is 0.154 e. The van der Waals surface area contributed by atoms with E-state index in [-0.39, 0.29) is 0 Å². The molecule has 1 saturated carbocycles. The lowest BCUT2D eigenvalue weighted by atomic mass is 10.00. The highest BCUT2D eigenvalue weighted by Crippen LogP contribution is 2.44. The van der Waals surface area contributed by atoms with E-state index in [0.29, 0.717) is 17.3 Å². The molecule has 0 unspecified atom stereocenters. The van der Waals surface area contributed by atoms with Crippen LogP contribution in [0.4, 0.5) is 0 Å². The largest absolute Gasteiger partial charge is 0.411 e. The Balaban J connectivity index is 1.72. The van der Waals surface area contributed by atoms with Crippen molar-refractivity contribution in [1.29, 1.82) is 0 Å². The Bertz CT molecular complexity index is 1250. The number of aromatic nitrogens is 4. The van der Waals surface area contributed by atoms with E-state index in [0.717, 1.165) is 28.3 Å². The smallest absolute Gasteiger partial charge is 0.154 e. The molecule has 0 saturated heterocycles. The van der Waals surface area contributed by atoms with Crippen molar-refractivity contribution in [3.8, 4) is 17.1 Å². The van der Waals surface area contributed by atoms with Gasteiger partial charge >= 0.3 is 0 Å². The van der Waals surface area contributed by atoms with E-state index in [1.54, 1.807) is 6.92 Å². The van der Waals surface area contributed by atoms with Gasteiger partial charge in [-0.15, -0.1) is 0 Å². The van der Waals surface area contributed by atoms with Gasteiger partial charge < -0.3 is 5.21 Å². The van der Waals surface area contributed by atoms with Gasteiger partial charge in [0.1, 0.15) is 5.71 Å². The van der Waals surface area contributed by atoms with Crippen LogP contribution in [0.1, 0.15) is 42.6 Å². The molecule has 0 bridgehead atoms. The van der Waals surface area contributed by atoms with E-state index < -0.39 is 0 Å². The summed E-state index contributed by atoms with van der Waals surface area (Å²) in [6, 6.07) is 16.1. The highest BCUT2D eigenvalue weighted by molar-refractivity contribution is 5.97. The molecule has 1 N–H and O–H groups in total. The third-order valence-electron chi connectivity index (χ3n) is 5.39. The molecule has 29 heavy (non-hydrogen) atoms. The number of oxime groups is 1. The van der Waals surface area contributed by atoms with Crippen molar-refractivity contribution >= 4 is 16.6 Å². The number of fused-ring (bicyclic) bond motifs is 1. The zero-order valence-corrected chi connectivity index (χ0v) is 16.4. The number of aryl methyl sites for hydroxylation is 1. The van der Waals surface area contributed by atoms with Gasteiger partial charge in [0.2, 0.25) is 0 Å². The van der Waals surface area contributed by atoms with Crippen LogP contribution in [0.5, 0.6) is 0 Å². The minimum Gasteiger partial charge on any atom is -0.411 e. The summed E-state index contributed by atoms with van der Waals surface area (Å²) in [5.74, 6) is 1.38. The predicted octanol–water partition coefficient (Wildman–Crippen LogP) is 4.87. The molecule has 5 rings (SSSR count). The SMILES string of the molecule is C/C(=N\O)c1cccc(-c2cc(C3CC3)c3cnn(-c4cccc(C)n4)c3c2)n1. The third-order valence-corrected chi connectivity index (χ3v) is 5.39. The Kier molecular flexibility index (Phi) is 4.12. The van der Waals surface area contributed by atoms with Crippen molar-refractivity contribution in [3.63, 3.8) is 0 Å². The van der Waals surface area contributed by atoms with Crippen LogP contribution in [-0.4, -0.2) is 30.7 Å². The fourth-order valence-electron chi connectivity index (χ4n) is 3.71. The molecule has 1 fully saturated rings.